The van der Waals surface area contributed by atoms with Gasteiger partial charge in [0.05, 0.1) is 7.11 Å². The molecule has 0 aliphatic rings. The number of methoxy groups -OCH3 is 1. The predicted octanol–water partition coefficient (Wildman–Crippen LogP) is -2.14. The van der Waals surface area contributed by atoms with Gasteiger partial charge in [0, 0.05) is 0 Å². The van der Waals surface area contributed by atoms with Crippen LogP contribution in [-0.4, -0.2) is 29.7 Å². The summed E-state index contributed by atoms with van der Waals surface area (Å²) in [6, 6.07) is 6.84. The summed E-state index contributed by atoms with van der Waals surface area (Å²) < 4.78 is 36.4. The first-order valence-electron chi connectivity index (χ1n) is 3.36. The summed E-state index contributed by atoms with van der Waals surface area (Å²) in [5, 5.41) is 8.99. The number of phenolic OH excluding ortho intramolecular Hbond substituents is 1. The molecule has 0 bridgehead atoms. The molecule has 82 valence electrons. The molecule has 0 aromatic heterocycles. The van der Waals surface area contributed by atoms with Crippen LogP contribution in [0.15, 0.2) is 24.3 Å². The number of ether oxygens (including phenoxy) is 1. The van der Waals surface area contributed by atoms with Gasteiger partial charge in [-0.05, 0) is 12.1 Å². The van der Waals surface area contributed by atoms with Gasteiger partial charge in [-0.3, -0.25) is 9.11 Å². The van der Waals surface area contributed by atoms with Gasteiger partial charge in [0.1, 0.15) is 0 Å². The van der Waals surface area contributed by atoms with Crippen molar-refractivity contribution in [2.45, 2.75) is 0 Å². The van der Waals surface area contributed by atoms with E-state index in [0.717, 1.165) is 0 Å². The average molecular weight is 262 g/mol. The maximum absolute atomic E-state index is 8.99. The molecule has 0 aliphatic heterocycles. The molecule has 6 nitrogen and oxygen atoms in total. The van der Waals surface area contributed by atoms with Gasteiger partial charge < -0.3 is 11.3 Å². The van der Waals surface area contributed by atoms with Crippen molar-refractivity contribution >= 4 is 10.4 Å². The molecule has 0 fully saturated rings. The molecule has 1 aromatic carbocycles. The van der Waals surface area contributed by atoms with Crippen molar-refractivity contribution in [3.63, 3.8) is 0 Å². The summed E-state index contributed by atoms with van der Waals surface area (Å²) in [6.45, 7) is 0. The standard InChI is InChI=1S/C7H8O2.K.H2O4S.H/c1-9-7-5-3-2-4-6(7)8;;1-5(2,3)4;/h2-5,8H,1H3;;(H2,1,2,3,4);/q;+1;;-1. The quantitative estimate of drug-likeness (QED) is 0.394. The normalized spacial score (nSPS) is 9.27. The number of rotatable bonds is 1. The molecule has 1 rings (SSSR count). The molecule has 1 aromatic rings. The molecule has 0 heterocycles. The van der Waals surface area contributed by atoms with Gasteiger partial charge >= 0.3 is 61.8 Å². The van der Waals surface area contributed by atoms with E-state index in [1.165, 1.54) is 7.11 Å². The Morgan fingerprint density at radius 1 is 1.27 bits per heavy atom. The first kappa shape index (κ1) is 17.7. The van der Waals surface area contributed by atoms with Crippen molar-refractivity contribution in [2.75, 3.05) is 7.11 Å². The topological polar surface area (TPSA) is 104 Å². The fraction of sp³-hybridized carbons (Fsp3) is 0.143. The molecule has 0 amide bonds. The van der Waals surface area contributed by atoms with Crippen molar-refractivity contribution in [1.82, 2.24) is 0 Å². The minimum Gasteiger partial charge on any atom is -1.00 e. The number of hydrogen-bond acceptors (Lipinski definition) is 4. The van der Waals surface area contributed by atoms with Crippen LogP contribution in [0, 0.1) is 0 Å². The van der Waals surface area contributed by atoms with Crippen molar-refractivity contribution in [3.8, 4) is 11.5 Å². The molecule has 0 saturated carbocycles. The first-order chi connectivity index (χ1) is 6.34. The molecule has 0 radical (unpaired) electrons. The zero-order chi connectivity index (χ0) is 11.2. The summed E-state index contributed by atoms with van der Waals surface area (Å²) in [7, 11) is -3.14. The Kier molecular flexibility index (Phi) is 10.0. The van der Waals surface area contributed by atoms with Crippen molar-refractivity contribution in [3.05, 3.63) is 24.3 Å². The van der Waals surface area contributed by atoms with Gasteiger partial charge in [0.25, 0.3) is 0 Å². The van der Waals surface area contributed by atoms with Gasteiger partial charge in [0.15, 0.2) is 11.5 Å². The van der Waals surface area contributed by atoms with E-state index in [2.05, 4.69) is 0 Å². The number of hydrogen-bond donors (Lipinski definition) is 3. The zero-order valence-corrected chi connectivity index (χ0v) is 12.2. The fourth-order valence-electron chi connectivity index (χ4n) is 0.630. The van der Waals surface area contributed by atoms with Crippen LogP contribution in [0.2, 0.25) is 0 Å². The van der Waals surface area contributed by atoms with Crippen molar-refractivity contribution in [2.24, 2.45) is 0 Å². The number of phenols is 1. The van der Waals surface area contributed by atoms with E-state index in [1.807, 2.05) is 0 Å². The van der Waals surface area contributed by atoms with Crippen LogP contribution < -0.4 is 56.1 Å². The van der Waals surface area contributed by atoms with Crippen LogP contribution >= 0.6 is 0 Å². The molecule has 0 unspecified atom stereocenters. The second-order valence-corrected chi connectivity index (χ2v) is 3.02. The first-order valence-corrected chi connectivity index (χ1v) is 4.76. The molecule has 0 atom stereocenters. The van der Waals surface area contributed by atoms with Gasteiger partial charge in [-0.25, -0.2) is 0 Å². The van der Waals surface area contributed by atoms with E-state index in [9.17, 15) is 0 Å². The Morgan fingerprint density at radius 3 is 1.93 bits per heavy atom. The second kappa shape index (κ2) is 8.48. The molecule has 0 aliphatic carbocycles. The summed E-state index contributed by atoms with van der Waals surface area (Å²) in [5.41, 5.74) is 0. The molecule has 3 N–H and O–H groups in total. The van der Waals surface area contributed by atoms with E-state index in [4.69, 9.17) is 27.4 Å². The third kappa shape index (κ3) is 12.3. The van der Waals surface area contributed by atoms with Gasteiger partial charge in [-0.2, -0.15) is 8.42 Å². The van der Waals surface area contributed by atoms with E-state index in [0.29, 0.717) is 5.75 Å². The van der Waals surface area contributed by atoms with Crippen molar-refractivity contribution in [1.29, 1.82) is 0 Å². The van der Waals surface area contributed by atoms with E-state index in [1.54, 1.807) is 24.3 Å². The largest absolute Gasteiger partial charge is 1.00 e. The third-order valence-corrected chi connectivity index (χ3v) is 1.09. The molecule has 0 spiro atoms. The molecular weight excluding hydrogens is 251 g/mol. The molecule has 15 heavy (non-hydrogen) atoms. The maximum Gasteiger partial charge on any atom is 1.00 e. The molecular formula is C7H11KO6S. The van der Waals surface area contributed by atoms with E-state index >= 15 is 0 Å². The summed E-state index contributed by atoms with van der Waals surface area (Å²) in [4.78, 5) is 0. The van der Waals surface area contributed by atoms with Gasteiger partial charge in [-0.1, -0.05) is 12.1 Å². The number of benzene rings is 1. The van der Waals surface area contributed by atoms with Crippen LogP contribution in [0.5, 0.6) is 11.5 Å². The van der Waals surface area contributed by atoms with Crippen LogP contribution in [0.25, 0.3) is 0 Å². The van der Waals surface area contributed by atoms with Crippen LogP contribution in [0.4, 0.5) is 0 Å². The summed E-state index contributed by atoms with van der Waals surface area (Å²) >= 11 is 0. The zero-order valence-electron chi connectivity index (χ0n) is 9.28. The third-order valence-electron chi connectivity index (χ3n) is 1.09. The molecule has 8 heteroatoms. The van der Waals surface area contributed by atoms with E-state index in [-0.39, 0.29) is 58.6 Å². The van der Waals surface area contributed by atoms with Crippen LogP contribution in [0.3, 0.4) is 0 Å². The second-order valence-electron chi connectivity index (χ2n) is 2.12. The fourth-order valence-corrected chi connectivity index (χ4v) is 0.630. The Labute approximate surface area is 132 Å². The average Bonchev–Trinajstić information content (AvgIpc) is 2.02. The monoisotopic (exact) mass is 262 g/mol. The maximum atomic E-state index is 8.99. The number of para-hydroxylation sites is 2. The minimum absolute atomic E-state index is 0. The molecule has 0 saturated heterocycles. The summed E-state index contributed by atoms with van der Waals surface area (Å²) in [6.07, 6.45) is 0. The summed E-state index contributed by atoms with van der Waals surface area (Å²) in [5.74, 6) is 0.692. The Balaban J connectivity index is -0.000000214. The van der Waals surface area contributed by atoms with E-state index < -0.39 is 10.4 Å². The Morgan fingerprint density at radius 2 is 1.67 bits per heavy atom. The Bertz CT molecular complexity index is 374. The SMILES string of the molecule is COc1ccccc1O.O=S(=O)(O)O.[H-].[K+]. The van der Waals surface area contributed by atoms with Gasteiger partial charge in [0.2, 0.25) is 0 Å². The van der Waals surface area contributed by atoms with Crippen LogP contribution in [0.1, 0.15) is 1.43 Å². The van der Waals surface area contributed by atoms with Gasteiger partial charge in [-0.15, -0.1) is 0 Å². The van der Waals surface area contributed by atoms with Crippen molar-refractivity contribution < 1.29 is 80.2 Å². The Hall–Kier alpha value is 0.326. The number of aromatic hydroxyl groups is 1. The van der Waals surface area contributed by atoms with Crippen LogP contribution in [-0.2, 0) is 10.4 Å². The smallest absolute Gasteiger partial charge is 1.00 e. The predicted molar refractivity (Wildman–Crippen MR) is 49.9 cm³/mol. The minimum atomic E-state index is -4.67.